The predicted molar refractivity (Wildman–Crippen MR) is 98.4 cm³/mol. The topological polar surface area (TPSA) is 77.0 Å². The summed E-state index contributed by atoms with van der Waals surface area (Å²) < 4.78 is 1.47. The summed E-state index contributed by atoms with van der Waals surface area (Å²) in [6.45, 7) is 1.91. The summed E-state index contributed by atoms with van der Waals surface area (Å²) in [5.41, 5.74) is 0. The number of thioether (sulfide) groups is 1. The van der Waals surface area contributed by atoms with Crippen molar-refractivity contribution in [2.24, 2.45) is 0 Å². The lowest BCUT2D eigenvalue weighted by molar-refractivity contribution is -0.131. The third-order valence-corrected chi connectivity index (χ3v) is 6.42. The zero-order chi connectivity index (χ0) is 17.1. The molecule has 0 spiro atoms. The van der Waals surface area contributed by atoms with Crippen LogP contribution in [0, 0.1) is 0 Å². The normalized spacial score (nSPS) is 16.9. The van der Waals surface area contributed by atoms with E-state index in [1.807, 2.05) is 36.4 Å². The fourth-order valence-electron chi connectivity index (χ4n) is 3.07. The minimum absolute atomic E-state index is 0.132. The number of aromatic nitrogens is 3. The third kappa shape index (κ3) is 3.59. The zero-order valence-electron chi connectivity index (χ0n) is 14.0. The van der Waals surface area contributed by atoms with Crippen LogP contribution in [0.5, 0.6) is 0 Å². The van der Waals surface area contributed by atoms with Crippen molar-refractivity contribution in [3.8, 4) is 10.7 Å². The number of nitrogens with zero attached hydrogens (tertiary/aromatic N) is 4. The van der Waals surface area contributed by atoms with Crippen LogP contribution >= 0.6 is 23.1 Å². The van der Waals surface area contributed by atoms with Gasteiger partial charge in [-0.2, -0.15) is 0 Å². The van der Waals surface area contributed by atoms with Gasteiger partial charge in [-0.25, -0.2) is 4.68 Å². The number of carbonyl (C=O) groups is 1. The van der Waals surface area contributed by atoms with Crippen LogP contribution in [0.4, 0.5) is 0 Å². The lowest BCUT2D eigenvalue weighted by Gasteiger charge is -2.32. The second kappa shape index (κ2) is 7.57. The minimum Gasteiger partial charge on any atom is -0.342 e. The summed E-state index contributed by atoms with van der Waals surface area (Å²) >= 11 is 2.93. The molecular formula is C16H23N5OS2. The molecule has 1 amide bonds. The molecule has 130 valence electrons. The van der Waals surface area contributed by atoms with Crippen molar-refractivity contribution < 1.29 is 4.79 Å². The van der Waals surface area contributed by atoms with Gasteiger partial charge in [0.25, 0.3) is 0 Å². The highest BCUT2D eigenvalue weighted by Crippen LogP contribution is 2.29. The monoisotopic (exact) mass is 365 g/mol. The number of nitrogen functional groups attached to an aromatic ring is 1. The maximum atomic E-state index is 12.7. The number of nitrogens with two attached hydrogens (primary N) is 1. The van der Waals surface area contributed by atoms with Crippen molar-refractivity contribution in [2.75, 3.05) is 12.9 Å². The third-order valence-electron chi connectivity index (χ3n) is 4.51. The van der Waals surface area contributed by atoms with Gasteiger partial charge in [0, 0.05) is 13.1 Å². The smallest absolute Gasteiger partial charge is 0.235 e. The van der Waals surface area contributed by atoms with E-state index < -0.39 is 0 Å². The van der Waals surface area contributed by atoms with Gasteiger partial charge in [-0.05, 0) is 31.2 Å². The van der Waals surface area contributed by atoms with Gasteiger partial charge in [-0.15, -0.1) is 21.5 Å². The summed E-state index contributed by atoms with van der Waals surface area (Å²) in [4.78, 5) is 15.6. The van der Waals surface area contributed by atoms with Crippen molar-refractivity contribution >= 4 is 29.0 Å². The molecule has 24 heavy (non-hydrogen) atoms. The van der Waals surface area contributed by atoms with Gasteiger partial charge in [0.15, 0.2) is 5.82 Å². The molecule has 2 aromatic heterocycles. The highest BCUT2D eigenvalue weighted by atomic mass is 32.2. The number of hydrogen-bond acceptors (Lipinski definition) is 6. The first-order valence-electron chi connectivity index (χ1n) is 8.25. The zero-order valence-corrected chi connectivity index (χ0v) is 15.6. The molecule has 0 saturated heterocycles. The van der Waals surface area contributed by atoms with E-state index in [4.69, 9.17) is 5.84 Å². The quantitative estimate of drug-likeness (QED) is 0.651. The molecule has 1 atom stereocenters. The molecule has 6 nitrogen and oxygen atoms in total. The average Bonchev–Trinajstić information content (AvgIpc) is 3.25. The average molecular weight is 366 g/mol. The standard InChI is InChI=1S/C16H23N5OS2/c1-11(15(22)20(2)12-7-4-3-5-8-12)24-16-19-18-14(21(16)17)13-9-6-10-23-13/h6,9-12H,3-5,7-8,17H2,1-2H3. The molecule has 1 aliphatic rings. The van der Waals surface area contributed by atoms with Gasteiger partial charge in [0.1, 0.15) is 0 Å². The van der Waals surface area contributed by atoms with Crippen molar-refractivity contribution in [2.45, 2.75) is 55.5 Å². The largest absolute Gasteiger partial charge is 0.342 e. The van der Waals surface area contributed by atoms with Crippen LogP contribution in [-0.4, -0.2) is 44.0 Å². The van der Waals surface area contributed by atoms with E-state index in [1.165, 1.54) is 35.7 Å². The first-order valence-corrected chi connectivity index (χ1v) is 10.0. The number of carbonyl (C=O) groups excluding carboxylic acids is 1. The Morgan fingerprint density at radius 1 is 1.42 bits per heavy atom. The minimum atomic E-state index is -0.236. The maximum Gasteiger partial charge on any atom is 0.235 e. The molecule has 3 rings (SSSR count). The van der Waals surface area contributed by atoms with Crippen LogP contribution in [0.3, 0.4) is 0 Å². The predicted octanol–water partition coefficient (Wildman–Crippen LogP) is 2.99. The van der Waals surface area contributed by atoms with E-state index in [0.717, 1.165) is 17.7 Å². The van der Waals surface area contributed by atoms with E-state index in [0.29, 0.717) is 17.0 Å². The molecule has 0 aliphatic heterocycles. The molecule has 2 heterocycles. The highest BCUT2D eigenvalue weighted by molar-refractivity contribution is 8.00. The van der Waals surface area contributed by atoms with E-state index in [1.54, 1.807) is 11.3 Å². The van der Waals surface area contributed by atoms with Crippen LogP contribution in [-0.2, 0) is 4.79 Å². The maximum absolute atomic E-state index is 12.7. The number of amides is 1. The van der Waals surface area contributed by atoms with Crippen molar-refractivity contribution in [1.29, 1.82) is 0 Å². The highest BCUT2D eigenvalue weighted by Gasteiger charge is 2.27. The van der Waals surface area contributed by atoms with Crippen LogP contribution in [0.1, 0.15) is 39.0 Å². The molecule has 8 heteroatoms. The van der Waals surface area contributed by atoms with Crippen LogP contribution in [0.15, 0.2) is 22.7 Å². The molecule has 0 bridgehead atoms. The Morgan fingerprint density at radius 3 is 2.83 bits per heavy atom. The van der Waals surface area contributed by atoms with Crippen molar-refractivity contribution in [1.82, 2.24) is 19.8 Å². The van der Waals surface area contributed by atoms with Crippen LogP contribution < -0.4 is 5.84 Å². The Hall–Kier alpha value is -1.54. The summed E-state index contributed by atoms with van der Waals surface area (Å²) in [7, 11) is 1.92. The van der Waals surface area contributed by atoms with Gasteiger partial charge >= 0.3 is 0 Å². The summed E-state index contributed by atoms with van der Waals surface area (Å²) in [6, 6.07) is 4.27. The van der Waals surface area contributed by atoms with E-state index in [9.17, 15) is 4.79 Å². The van der Waals surface area contributed by atoms with Gasteiger partial charge < -0.3 is 10.7 Å². The lowest BCUT2D eigenvalue weighted by atomic mass is 9.94. The van der Waals surface area contributed by atoms with E-state index in [-0.39, 0.29) is 11.2 Å². The van der Waals surface area contributed by atoms with Gasteiger partial charge in [-0.1, -0.05) is 37.1 Å². The fraction of sp³-hybridized carbons (Fsp3) is 0.562. The van der Waals surface area contributed by atoms with Gasteiger partial charge in [0.05, 0.1) is 10.1 Å². The SMILES string of the molecule is CC(Sc1nnc(-c2cccs2)n1N)C(=O)N(C)C1CCCCC1. The Labute approximate surface area is 150 Å². The molecule has 2 aromatic rings. The van der Waals surface area contributed by atoms with E-state index >= 15 is 0 Å². The van der Waals surface area contributed by atoms with Gasteiger partial charge in [-0.3, -0.25) is 4.79 Å². The summed E-state index contributed by atoms with van der Waals surface area (Å²) in [5.74, 6) is 6.88. The second-order valence-corrected chi connectivity index (χ2v) is 8.41. The molecular weight excluding hydrogens is 342 g/mol. The van der Waals surface area contributed by atoms with E-state index in [2.05, 4.69) is 10.2 Å². The van der Waals surface area contributed by atoms with Crippen molar-refractivity contribution in [3.05, 3.63) is 17.5 Å². The Kier molecular flexibility index (Phi) is 5.45. The number of hydrogen-bond donors (Lipinski definition) is 1. The number of rotatable bonds is 5. The Morgan fingerprint density at radius 2 is 2.17 bits per heavy atom. The molecule has 2 N–H and O–H groups in total. The lowest BCUT2D eigenvalue weighted by Crippen LogP contribution is -2.42. The molecule has 1 fully saturated rings. The number of thiophene rings is 1. The van der Waals surface area contributed by atoms with Crippen LogP contribution in [0.25, 0.3) is 10.7 Å². The van der Waals surface area contributed by atoms with Crippen LogP contribution in [0.2, 0.25) is 0 Å². The Bertz CT molecular complexity index is 679. The van der Waals surface area contributed by atoms with Crippen molar-refractivity contribution in [3.63, 3.8) is 0 Å². The summed E-state index contributed by atoms with van der Waals surface area (Å²) in [5, 5.41) is 10.6. The van der Waals surface area contributed by atoms with Gasteiger partial charge in [0.2, 0.25) is 11.1 Å². The molecule has 1 aliphatic carbocycles. The first kappa shape index (κ1) is 17.3. The molecule has 0 radical (unpaired) electrons. The summed E-state index contributed by atoms with van der Waals surface area (Å²) in [6.07, 6.45) is 5.92. The molecule has 0 aromatic carbocycles. The molecule has 1 saturated carbocycles. The Balaban J connectivity index is 1.66. The second-order valence-electron chi connectivity index (χ2n) is 6.15. The first-order chi connectivity index (χ1) is 11.6. The fourth-order valence-corrected chi connectivity index (χ4v) is 4.65. The molecule has 1 unspecified atom stereocenters.